The molecular formula is C20H21N5O2. The zero-order valence-corrected chi connectivity index (χ0v) is 15.4. The van der Waals surface area contributed by atoms with Crippen LogP contribution in [0.1, 0.15) is 32.9 Å². The number of benzene rings is 1. The van der Waals surface area contributed by atoms with Gasteiger partial charge in [0.05, 0.1) is 12.7 Å². The van der Waals surface area contributed by atoms with Crippen LogP contribution in [-0.4, -0.2) is 50.9 Å². The van der Waals surface area contributed by atoms with Gasteiger partial charge in [0.1, 0.15) is 5.56 Å². The Morgan fingerprint density at radius 2 is 2.00 bits per heavy atom. The number of aryl methyl sites for hydroxylation is 2. The monoisotopic (exact) mass is 363 g/mol. The molecule has 138 valence electrons. The second-order valence-corrected chi connectivity index (χ2v) is 6.79. The van der Waals surface area contributed by atoms with Gasteiger partial charge in [-0.15, -0.1) is 0 Å². The Bertz CT molecular complexity index is 1030. The molecule has 1 aliphatic heterocycles. The number of hydrogen-bond donors (Lipinski definition) is 1. The van der Waals surface area contributed by atoms with E-state index in [4.69, 9.17) is 0 Å². The van der Waals surface area contributed by atoms with E-state index in [0.717, 1.165) is 23.4 Å². The van der Waals surface area contributed by atoms with E-state index in [1.807, 2.05) is 32.0 Å². The molecule has 0 spiro atoms. The molecule has 3 heterocycles. The fourth-order valence-electron chi connectivity index (χ4n) is 3.50. The van der Waals surface area contributed by atoms with Crippen molar-refractivity contribution in [2.45, 2.75) is 20.3 Å². The molecule has 4 rings (SSSR count). The highest BCUT2D eigenvalue weighted by atomic mass is 16.2. The highest BCUT2D eigenvalue weighted by Gasteiger charge is 2.26. The first-order valence-electron chi connectivity index (χ1n) is 8.98. The molecule has 1 aliphatic rings. The van der Waals surface area contributed by atoms with Crippen molar-refractivity contribution < 1.29 is 9.59 Å². The van der Waals surface area contributed by atoms with Crippen LogP contribution in [0.2, 0.25) is 0 Å². The van der Waals surface area contributed by atoms with Crippen molar-refractivity contribution in [3.8, 4) is 0 Å². The number of nitrogens with zero attached hydrogens (tertiary/aromatic N) is 4. The van der Waals surface area contributed by atoms with Crippen LogP contribution in [0.25, 0.3) is 5.65 Å². The summed E-state index contributed by atoms with van der Waals surface area (Å²) in [6, 6.07) is 10.2. The van der Waals surface area contributed by atoms with Crippen molar-refractivity contribution in [2.24, 2.45) is 0 Å². The molecule has 1 N–H and O–H groups in total. The predicted molar refractivity (Wildman–Crippen MR) is 101 cm³/mol. The van der Waals surface area contributed by atoms with Gasteiger partial charge in [0, 0.05) is 30.9 Å². The van der Waals surface area contributed by atoms with Gasteiger partial charge in [-0.1, -0.05) is 30.3 Å². The SMILES string of the molecule is Cc1nc2c(C(=O)N3CCNC(=O)C3)cnn2c(C)c1Cc1ccccc1. The largest absolute Gasteiger partial charge is 0.353 e. The minimum absolute atomic E-state index is 0.0697. The summed E-state index contributed by atoms with van der Waals surface area (Å²) in [5.41, 5.74) is 5.13. The van der Waals surface area contributed by atoms with Crippen molar-refractivity contribution in [3.05, 3.63) is 64.6 Å². The van der Waals surface area contributed by atoms with E-state index in [0.29, 0.717) is 24.3 Å². The topological polar surface area (TPSA) is 79.6 Å². The van der Waals surface area contributed by atoms with Crippen LogP contribution in [0.5, 0.6) is 0 Å². The zero-order valence-electron chi connectivity index (χ0n) is 15.4. The van der Waals surface area contributed by atoms with Crippen molar-refractivity contribution in [1.82, 2.24) is 24.8 Å². The van der Waals surface area contributed by atoms with Gasteiger partial charge in [-0.2, -0.15) is 5.10 Å². The molecule has 1 aromatic carbocycles. The lowest BCUT2D eigenvalue weighted by molar-refractivity contribution is -0.123. The number of carbonyl (C=O) groups excluding carboxylic acids is 2. The van der Waals surface area contributed by atoms with Gasteiger partial charge in [0.25, 0.3) is 5.91 Å². The molecule has 0 aliphatic carbocycles. The van der Waals surface area contributed by atoms with Crippen molar-refractivity contribution in [1.29, 1.82) is 0 Å². The standard InChI is InChI=1S/C20H21N5O2/c1-13-16(10-15-6-4-3-5-7-15)14(2)25-19(23-13)17(11-22-25)20(27)24-9-8-21-18(26)12-24/h3-7,11H,8-10,12H2,1-2H3,(H,21,26). The summed E-state index contributed by atoms with van der Waals surface area (Å²) < 4.78 is 1.72. The quantitative estimate of drug-likeness (QED) is 0.765. The molecule has 2 aromatic heterocycles. The fraction of sp³-hybridized carbons (Fsp3) is 0.300. The van der Waals surface area contributed by atoms with E-state index in [9.17, 15) is 9.59 Å². The number of aromatic nitrogens is 3. The normalized spacial score (nSPS) is 14.4. The Balaban J connectivity index is 1.71. The smallest absolute Gasteiger partial charge is 0.259 e. The molecule has 2 amide bonds. The lowest BCUT2D eigenvalue weighted by Crippen LogP contribution is -2.49. The summed E-state index contributed by atoms with van der Waals surface area (Å²) in [5, 5.41) is 7.13. The second-order valence-electron chi connectivity index (χ2n) is 6.79. The molecule has 1 saturated heterocycles. The zero-order chi connectivity index (χ0) is 19.0. The number of rotatable bonds is 3. The summed E-state index contributed by atoms with van der Waals surface area (Å²) in [6.45, 7) is 4.99. The van der Waals surface area contributed by atoms with Crippen LogP contribution in [0.15, 0.2) is 36.5 Å². The third kappa shape index (κ3) is 3.16. The third-order valence-electron chi connectivity index (χ3n) is 4.99. The van der Waals surface area contributed by atoms with Gasteiger partial charge in [-0.3, -0.25) is 9.59 Å². The molecule has 0 unspecified atom stereocenters. The summed E-state index contributed by atoms with van der Waals surface area (Å²) in [7, 11) is 0. The average molecular weight is 363 g/mol. The molecule has 7 heteroatoms. The van der Waals surface area contributed by atoms with E-state index in [1.54, 1.807) is 15.6 Å². The number of amides is 2. The van der Waals surface area contributed by atoms with Crippen LogP contribution in [0.3, 0.4) is 0 Å². The van der Waals surface area contributed by atoms with Crippen LogP contribution in [0, 0.1) is 13.8 Å². The predicted octanol–water partition coefficient (Wildman–Crippen LogP) is 1.51. The van der Waals surface area contributed by atoms with Crippen molar-refractivity contribution in [2.75, 3.05) is 19.6 Å². The number of fused-ring (bicyclic) bond motifs is 1. The van der Waals surface area contributed by atoms with Crippen LogP contribution in [-0.2, 0) is 11.2 Å². The summed E-state index contributed by atoms with van der Waals surface area (Å²) in [5.74, 6) is -0.349. The summed E-state index contributed by atoms with van der Waals surface area (Å²) in [6.07, 6.45) is 2.31. The molecule has 27 heavy (non-hydrogen) atoms. The molecule has 7 nitrogen and oxygen atoms in total. The Hall–Kier alpha value is -3.22. The lowest BCUT2D eigenvalue weighted by Gasteiger charge is -2.26. The molecule has 1 fully saturated rings. The molecule has 0 saturated carbocycles. The Morgan fingerprint density at radius 3 is 2.74 bits per heavy atom. The van der Waals surface area contributed by atoms with Gasteiger partial charge in [-0.05, 0) is 25.0 Å². The summed E-state index contributed by atoms with van der Waals surface area (Å²) >= 11 is 0. The molecule has 3 aromatic rings. The Morgan fingerprint density at radius 1 is 1.22 bits per heavy atom. The Labute approximate surface area is 157 Å². The minimum atomic E-state index is -0.207. The first-order chi connectivity index (χ1) is 13.0. The Kier molecular flexibility index (Phi) is 4.35. The minimum Gasteiger partial charge on any atom is -0.353 e. The van der Waals surface area contributed by atoms with Gasteiger partial charge >= 0.3 is 0 Å². The van der Waals surface area contributed by atoms with Crippen LogP contribution in [0.4, 0.5) is 0 Å². The molecule has 0 bridgehead atoms. The maximum Gasteiger partial charge on any atom is 0.259 e. The third-order valence-corrected chi connectivity index (χ3v) is 4.99. The second kappa shape index (κ2) is 6.83. The van der Waals surface area contributed by atoms with Crippen molar-refractivity contribution in [3.63, 3.8) is 0 Å². The van der Waals surface area contributed by atoms with E-state index >= 15 is 0 Å². The first kappa shape index (κ1) is 17.2. The highest BCUT2D eigenvalue weighted by Crippen LogP contribution is 2.21. The molecule has 0 radical (unpaired) electrons. The number of hydrogen-bond acceptors (Lipinski definition) is 4. The first-order valence-corrected chi connectivity index (χ1v) is 8.98. The highest BCUT2D eigenvalue weighted by molar-refractivity contribution is 6.01. The van der Waals surface area contributed by atoms with Gasteiger partial charge in [0.15, 0.2) is 5.65 Å². The number of carbonyl (C=O) groups is 2. The average Bonchev–Trinajstić information content (AvgIpc) is 3.09. The van der Waals surface area contributed by atoms with Gasteiger partial charge in [0.2, 0.25) is 5.91 Å². The van der Waals surface area contributed by atoms with Crippen molar-refractivity contribution >= 4 is 17.5 Å². The van der Waals surface area contributed by atoms with E-state index < -0.39 is 0 Å². The van der Waals surface area contributed by atoms with E-state index in [1.165, 1.54) is 5.56 Å². The maximum absolute atomic E-state index is 12.9. The number of piperazine rings is 1. The molecular weight excluding hydrogens is 342 g/mol. The molecule has 0 atom stereocenters. The van der Waals surface area contributed by atoms with E-state index in [2.05, 4.69) is 27.5 Å². The van der Waals surface area contributed by atoms with Crippen LogP contribution >= 0.6 is 0 Å². The summed E-state index contributed by atoms with van der Waals surface area (Å²) in [4.78, 5) is 30.7. The van der Waals surface area contributed by atoms with Gasteiger partial charge < -0.3 is 10.2 Å². The maximum atomic E-state index is 12.9. The fourth-order valence-corrected chi connectivity index (χ4v) is 3.50. The number of nitrogens with one attached hydrogen (secondary N) is 1. The van der Waals surface area contributed by atoms with E-state index in [-0.39, 0.29) is 18.4 Å². The van der Waals surface area contributed by atoms with Gasteiger partial charge in [-0.25, -0.2) is 9.50 Å². The lowest BCUT2D eigenvalue weighted by atomic mass is 10.0. The van der Waals surface area contributed by atoms with Crippen LogP contribution < -0.4 is 5.32 Å².